The number of ether oxygens (including phenoxy) is 2. The molecule has 0 amide bonds. The maximum atomic E-state index is 10.6. The van der Waals surface area contributed by atoms with Gasteiger partial charge in [0.1, 0.15) is 17.2 Å². The number of aromatic nitrogens is 1. The molecule has 6 heteroatoms. The summed E-state index contributed by atoms with van der Waals surface area (Å²) in [5.74, 6) is -0.631. The highest BCUT2D eigenvalue weighted by molar-refractivity contribution is 7.09. The van der Waals surface area contributed by atoms with Crippen LogP contribution in [0.2, 0.25) is 0 Å². The quantitative estimate of drug-likeness (QED) is 0.857. The second-order valence-corrected chi connectivity index (χ2v) is 6.69. The van der Waals surface area contributed by atoms with Crippen LogP contribution in [0.1, 0.15) is 30.5 Å². The summed E-state index contributed by atoms with van der Waals surface area (Å²) in [6.45, 7) is 4.60. The normalized spacial score (nSPS) is 22.1. The molecule has 1 N–H and O–H groups in total. The van der Waals surface area contributed by atoms with Gasteiger partial charge in [0.25, 0.3) is 0 Å². The fourth-order valence-electron chi connectivity index (χ4n) is 2.60. The molecule has 1 aliphatic heterocycles. The molecular weight excluding hydrogens is 300 g/mol. The van der Waals surface area contributed by atoms with Crippen molar-refractivity contribution in [1.82, 2.24) is 10.0 Å². The van der Waals surface area contributed by atoms with Crippen molar-refractivity contribution in [3.63, 3.8) is 0 Å². The number of rotatable bonds is 5. The Balaban J connectivity index is 1.80. The molecule has 0 bridgehead atoms. The summed E-state index contributed by atoms with van der Waals surface area (Å²) in [6.07, 6.45) is 1.49. The summed E-state index contributed by atoms with van der Waals surface area (Å²) >= 11 is 1.51. The largest absolute Gasteiger partial charge is 0.348 e. The molecule has 2 atom stereocenters. The van der Waals surface area contributed by atoms with E-state index in [1.807, 2.05) is 49.6 Å². The van der Waals surface area contributed by atoms with Crippen molar-refractivity contribution in [2.45, 2.75) is 38.3 Å². The lowest BCUT2D eigenvalue weighted by Gasteiger charge is -2.29. The minimum absolute atomic E-state index is 0.255. The molecule has 1 aliphatic rings. The van der Waals surface area contributed by atoms with Crippen molar-refractivity contribution in [3.05, 3.63) is 52.5 Å². The molecule has 2 heterocycles. The molecule has 0 spiro atoms. The Kier molecular flexibility index (Phi) is 4.56. The number of hydrogen-bond acceptors (Lipinski definition) is 6. The van der Waals surface area contributed by atoms with E-state index in [1.54, 1.807) is 6.20 Å². The summed E-state index contributed by atoms with van der Waals surface area (Å²) in [5.41, 5.74) is 1.03. The van der Waals surface area contributed by atoms with Crippen molar-refractivity contribution >= 4 is 11.3 Å². The van der Waals surface area contributed by atoms with Gasteiger partial charge in [0.2, 0.25) is 0 Å². The summed E-state index contributed by atoms with van der Waals surface area (Å²) < 4.78 is 11.6. The first kappa shape index (κ1) is 15.6. The Morgan fingerprint density at radius 2 is 2.18 bits per heavy atom. The van der Waals surface area contributed by atoms with Crippen LogP contribution in [0.25, 0.3) is 0 Å². The molecular formula is C16H20N2O3S. The van der Waals surface area contributed by atoms with Gasteiger partial charge in [-0.1, -0.05) is 30.3 Å². The molecule has 5 nitrogen and oxygen atoms in total. The van der Waals surface area contributed by atoms with Gasteiger partial charge < -0.3 is 14.7 Å². The Labute approximate surface area is 134 Å². The zero-order valence-electron chi connectivity index (χ0n) is 12.7. The van der Waals surface area contributed by atoms with Gasteiger partial charge in [-0.15, -0.1) is 11.3 Å². The molecule has 0 saturated carbocycles. The van der Waals surface area contributed by atoms with Crippen molar-refractivity contribution in [3.8, 4) is 0 Å². The van der Waals surface area contributed by atoms with E-state index in [2.05, 4.69) is 4.98 Å². The highest BCUT2D eigenvalue weighted by atomic mass is 32.1. The summed E-state index contributed by atoms with van der Waals surface area (Å²) in [4.78, 5) is 4.35. The fourth-order valence-corrected chi connectivity index (χ4v) is 3.39. The van der Waals surface area contributed by atoms with Crippen LogP contribution >= 0.6 is 11.3 Å². The molecule has 0 unspecified atom stereocenters. The van der Waals surface area contributed by atoms with Gasteiger partial charge in [0, 0.05) is 18.1 Å². The van der Waals surface area contributed by atoms with Gasteiger partial charge >= 0.3 is 0 Å². The van der Waals surface area contributed by atoms with Gasteiger partial charge in [0.05, 0.1) is 6.61 Å². The molecule has 1 saturated heterocycles. The van der Waals surface area contributed by atoms with E-state index in [0.717, 1.165) is 10.6 Å². The molecule has 3 rings (SSSR count). The van der Waals surface area contributed by atoms with Crippen LogP contribution < -0.4 is 0 Å². The van der Waals surface area contributed by atoms with E-state index in [4.69, 9.17) is 9.47 Å². The van der Waals surface area contributed by atoms with Gasteiger partial charge in [-0.3, -0.25) is 0 Å². The van der Waals surface area contributed by atoms with E-state index < -0.39 is 5.79 Å². The maximum Gasteiger partial charge on any atom is 0.163 e. The lowest BCUT2D eigenvalue weighted by Crippen LogP contribution is -2.36. The maximum absolute atomic E-state index is 10.6. The standard InChI is InChI=1S/C16H20N2O3S/c1-16(2)20-11-13(21-16)14(15-17-8-9-22-15)18(19)10-12-6-4-3-5-7-12/h3-9,13-14,19H,10-11H2,1-2H3/t13-,14-/m1/s1. The van der Waals surface area contributed by atoms with Gasteiger partial charge in [-0.2, -0.15) is 5.06 Å². The first-order chi connectivity index (χ1) is 10.6. The average Bonchev–Trinajstić information content (AvgIpc) is 3.11. The Morgan fingerprint density at radius 3 is 2.77 bits per heavy atom. The molecule has 1 aromatic carbocycles. The predicted molar refractivity (Wildman–Crippen MR) is 83.5 cm³/mol. The number of hydroxylamine groups is 2. The Bertz CT molecular complexity index is 589. The number of thiazole rings is 1. The van der Waals surface area contributed by atoms with Gasteiger partial charge in [-0.05, 0) is 19.4 Å². The van der Waals surface area contributed by atoms with E-state index in [-0.39, 0.29) is 12.1 Å². The third-order valence-corrected chi connectivity index (χ3v) is 4.44. The lowest BCUT2D eigenvalue weighted by molar-refractivity contribution is -0.191. The van der Waals surface area contributed by atoms with Crippen LogP contribution in [-0.2, 0) is 16.0 Å². The minimum Gasteiger partial charge on any atom is -0.348 e. The smallest absolute Gasteiger partial charge is 0.163 e. The van der Waals surface area contributed by atoms with Crippen LogP contribution in [-0.4, -0.2) is 33.8 Å². The van der Waals surface area contributed by atoms with E-state index in [0.29, 0.717) is 13.2 Å². The first-order valence-corrected chi connectivity index (χ1v) is 8.14. The van der Waals surface area contributed by atoms with Crippen LogP contribution in [0.5, 0.6) is 0 Å². The number of nitrogens with zero attached hydrogens (tertiary/aromatic N) is 2. The highest BCUT2D eigenvalue weighted by Crippen LogP contribution is 2.35. The zero-order chi connectivity index (χ0) is 15.6. The molecule has 1 fully saturated rings. The molecule has 0 aliphatic carbocycles. The molecule has 118 valence electrons. The summed E-state index contributed by atoms with van der Waals surface area (Å²) in [5, 5.41) is 14.7. The third kappa shape index (κ3) is 3.53. The van der Waals surface area contributed by atoms with Gasteiger partial charge in [-0.25, -0.2) is 4.98 Å². The monoisotopic (exact) mass is 320 g/mol. The molecule has 0 radical (unpaired) electrons. The van der Waals surface area contributed by atoms with Crippen LogP contribution in [0.15, 0.2) is 41.9 Å². The Hall–Kier alpha value is -1.31. The van der Waals surface area contributed by atoms with Crippen molar-refractivity contribution < 1.29 is 14.7 Å². The van der Waals surface area contributed by atoms with Crippen molar-refractivity contribution in [2.75, 3.05) is 6.61 Å². The second kappa shape index (κ2) is 6.44. The van der Waals surface area contributed by atoms with E-state index >= 15 is 0 Å². The lowest BCUT2D eigenvalue weighted by atomic mass is 10.1. The van der Waals surface area contributed by atoms with E-state index in [9.17, 15) is 5.21 Å². The summed E-state index contributed by atoms with van der Waals surface area (Å²) in [7, 11) is 0. The average molecular weight is 320 g/mol. The number of benzene rings is 1. The predicted octanol–water partition coefficient (Wildman–Crippen LogP) is 3.23. The van der Waals surface area contributed by atoms with Gasteiger partial charge in [0.15, 0.2) is 5.79 Å². The van der Waals surface area contributed by atoms with E-state index in [1.165, 1.54) is 16.4 Å². The van der Waals surface area contributed by atoms with Crippen LogP contribution in [0.3, 0.4) is 0 Å². The zero-order valence-corrected chi connectivity index (χ0v) is 13.5. The first-order valence-electron chi connectivity index (χ1n) is 7.26. The topological polar surface area (TPSA) is 54.8 Å². The summed E-state index contributed by atoms with van der Waals surface area (Å²) in [6, 6.07) is 9.50. The molecule has 1 aromatic heterocycles. The SMILES string of the molecule is CC1(C)OC[C@H]([C@H](c2nccs2)N(O)Cc2ccccc2)O1. The molecule has 22 heavy (non-hydrogen) atoms. The fraction of sp³-hybridized carbons (Fsp3) is 0.438. The minimum atomic E-state index is -0.631. The Morgan fingerprint density at radius 1 is 1.41 bits per heavy atom. The van der Waals surface area contributed by atoms with Crippen LogP contribution in [0, 0.1) is 0 Å². The van der Waals surface area contributed by atoms with Crippen molar-refractivity contribution in [1.29, 1.82) is 0 Å². The third-order valence-electron chi connectivity index (χ3n) is 3.60. The second-order valence-electron chi connectivity index (χ2n) is 5.77. The highest BCUT2D eigenvalue weighted by Gasteiger charge is 2.41. The van der Waals surface area contributed by atoms with Crippen LogP contribution in [0.4, 0.5) is 0 Å². The van der Waals surface area contributed by atoms with Crippen molar-refractivity contribution in [2.24, 2.45) is 0 Å². The number of hydrogen-bond donors (Lipinski definition) is 1. The molecule has 2 aromatic rings.